The van der Waals surface area contributed by atoms with E-state index < -0.39 is 5.91 Å². The zero-order valence-electron chi connectivity index (χ0n) is 9.69. The highest BCUT2D eigenvalue weighted by Crippen LogP contribution is 2.20. The SMILES string of the molecule is CCC=CCOc1cccc(C(N)=O)c1C. The lowest BCUT2D eigenvalue weighted by Crippen LogP contribution is -2.13. The first-order valence-electron chi connectivity index (χ1n) is 5.34. The van der Waals surface area contributed by atoms with Gasteiger partial charge in [0.1, 0.15) is 12.4 Å². The molecule has 0 radical (unpaired) electrons. The normalized spacial score (nSPS) is 10.6. The van der Waals surface area contributed by atoms with Gasteiger partial charge in [0.15, 0.2) is 0 Å². The Bertz CT molecular complexity index is 397. The third-order valence-electron chi connectivity index (χ3n) is 2.29. The molecule has 0 atom stereocenters. The molecule has 0 aliphatic heterocycles. The van der Waals surface area contributed by atoms with Crippen LogP contribution in [0, 0.1) is 6.92 Å². The molecule has 0 heterocycles. The molecular formula is C13H17NO2. The number of carbonyl (C=O) groups excluding carboxylic acids is 1. The van der Waals surface area contributed by atoms with Crippen LogP contribution in [0.4, 0.5) is 0 Å². The maximum Gasteiger partial charge on any atom is 0.249 e. The van der Waals surface area contributed by atoms with Gasteiger partial charge < -0.3 is 10.5 Å². The Kier molecular flexibility index (Phi) is 4.58. The summed E-state index contributed by atoms with van der Waals surface area (Å²) < 4.78 is 5.54. The van der Waals surface area contributed by atoms with Crippen molar-refractivity contribution in [3.05, 3.63) is 41.5 Å². The number of rotatable bonds is 5. The van der Waals surface area contributed by atoms with Crippen molar-refractivity contribution in [3.8, 4) is 5.75 Å². The predicted octanol–water partition coefficient (Wildman–Crippen LogP) is 2.44. The summed E-state index contributed by atoms with van der Waals surface area (Å²) in [7, 11) is 0. The standard InChI is InChI=1S/C13H17NO2/c1-3-4-5-9-16-12-8-6-7-11(10(12)2)13(14)15/h4-8H,3,9H2,1-2H3,(H2,14,15). The van der Waals surface area contributed by atoms with E-state index in [4.69, 9.17) is 10.5 Å². The second kappa shape index (κ2) is 5.95. The second-order valence-corrected chi connectivity index (χ2v) is 3.48. The lowest BCUT2D eigenvalue weighted by molar-refractivity contribution is 0.0999. The summed E-state index contributed by atoms with van der Waals surface area (Å²) in [6, 6.07) is 5.31. The van der Waals surface area contributed by atoms with E-state index >= 15 is 0 Å². The van der Waals surface area contributed by atoms with Gasteiger partial charge in [-0.1, -0.05) is 25.1 Å². The van der Waals surface area contributed by atoms with E-state index in [1.165, 1.54) is 0 Å². The van der Waals surface area contributed by atoms with Gasteiger partial charge in [-0.15, -0.1) is 0 Å². The van der Waals surface area contributed by atoms with Crippen molar-refractivity contribution in [1.82, 2.24) is 0 Å². The third kappa shape index (κ3) is 3.12. The van der Waals surface area contributed by atoms with Crippen molar-refractivity contribution < 1.29 is 9.53 Å². The Morgan fingerprint density at radius 1 is 1.44 bits per heavy atom. The van der Waals surface area contributed by atoms with Crippen molar-refractivity contribution in [2.45, 2.75) is 20.3 Å². The third-order valence-corrected chi connectivity index (χ3v) is 2.29. The van der Waals surface area contributed by atoms with Crippen LogP contribution >= 0.6 is 0 Å². The van der Waals surface area contributed by atoms with Crippen LogP contribution in [-0.4, -0.2) is 12.5 Å². The van der Waals surface area contributed by atoms with Gasteiger partial charge in [-0.25, -0.2) is 0 Å². The number of amides is 1. The number of ether oxygens (including phenoxy) is 1. The van der Waals surface area contributed by atoms with Gasteiger partial charge >= 0.3 is 0 Å². The van der Waals surface area contributed by atoms with Gasteiger partial charge in [0.05, 0.1) is 0 Å². The van der Waals surface area contributed by atoms with Crippen LogP contribution in [0.5, 0.6) is 5.75 Å². The fraction of sp³-hybridized carbons (Fsp3) is 0.308. The van der Waals surface area contributed by atoms with E-state index in [1.807, 2.05) is 25.1 Å². The Morgan fingerprint density at radius 3 is 2.81 bits per heavy atom. The van der Waals surface area contributed by atoms with E-state index in [0.717, 1.165) is 12.0 Å². The van der Waals surface area contributed by atoms with Crippen molar-refractivity contribution in [2.75, 3.05) is 6.61 Å². The summed E-state index contributed by atoms with van der Waals surface area (Å²) in [5.74, 6) is 0.282. The van der Waals surface area contributed by atoms with E-state index in [0.29, 0.717) is 17.9 Å². The number of hydrogen-bond donors (Lipinski definition) is 1. The molecular weight excluding hydrogens is 202 g/mol. The van der Waals surface area contributed by atoms with Gasteiger partial charge in [0.25, 0.3) is 0 Å². The van der Waals surface area contributed by atoms with Crippen molar-refractivity contribution in [2.24, 2.45) is 5.73 Å². The van der Waals surface area contributed by atoms with Crippen LogP contribution in [0.1, 0.15) is 29.3 Å². The van der Waals surface area contributed by atoms with E-state index in [2.05, 4.69) is 6.92 Å². The number of nitrogens with two attached hydrogens (primary N) is 1. The number of hydrogen-bond acceptors (Lipinski definition) is 2. The van der Waals surface area contributed by atoms with Crippen LogP contribution < -0.4 is 10.5 Å². The van der Waals surface area contributed by atoms with Crippen molar-refractivity contribution in [1.29, 1.82) is 0 Å². The minimum atomic E-state index is -0.424. The van der Waals surface area contributed by atoms with E-state index in [-0.39, 0.29) is 0 Å². The summed E-state index contributed by atoms with van der Waals surface area (Å²) in [4.78, 5) is 11.1. The topological polar surface area (TPSA) is 52.3 Å². The van der Waals surface area contributed by atoms with E-state index in [1.54, 1.807) is 12.1 Å². The molecule has 3 heteroatoms. The summed E-state index contributed by atoms with van der Waals surface area (Å²) >= 11 is 0. The lowest BCUT2D eigenvalue weighted by atomic mass is 10.1. The van der Waals surface area contributed by atoms with Gasteiger partial charge in [0, 0.05) is 11.1 Å². The Morgan fingerprint density at radius 2 is 2.19 bits per heavy atom. The number of carbonyl (C=O) groups is 1. The number of primary amides is 1. The molecule has 1 rings (SSSR count). The summed E-state index contributed by atoms with van der Waals surface area (Å²) in [6.07, 6.45) is 4.98. The molecule has 2 N–H and O–H groups in total. The molecule has 16 heavy (non-hydrogen) atoms. The minimum Gasteiger partial charge on any atom is -0.489 e. The summed E-state index contributed by atoms with van der Waals surface area (Å²) in [5, 5.41) is 0. The largest absolute Gasteiger partial charge is 0.489 e. The summed E-state index contributed by atoms with van der Waals surface area (Å²) in [6.45, 7) is 4.41. The molecule has 86 valence electrons. The Hall–Kier alpha value is -1.77. The van der Waals surface area contributed by atoms with Crippen LogP contribution in [0.2, 0.25) is 0 Å². The molecule has 0 aliphatic rings. The highest BCUT2D eigenvalue weighted by atomic mass is 16.5. The molecule has 0 spiro atoms. The zero-order chi connectivity index (χ0) is 12.0. The zero-order valence-corrected chi connectivity index (χ0v) is 9.69. The average Bonchev–Trinajstić information content (AvgIpc) is 2.26. The maximum absolute atomic E-state index is 11.1. The molecule has 1 amide bonds. The molecule has 0 unspecified atom stereocenters. The molecule has 1 aromatic rings. The van der Waals surface area contributed by atoms with Gasteiger partial charge in [-0.2, -0.15) is 0 Å². The first-order chi connectivity index (χ1) is 7.66. The second-order valence-electron chi connectivity index (χ2n) is 3.48. The van der Waals surface area contributed by atoms with Gasteiger partial charge in [0.2, 0.25) is 5.91 Å². The van der Waals surface area contributed by atoms with Crippen LogP contribution in [-0.2, 0) is 0 Å². The van der Waals surface area contributed by atoms with Crippen LogP contribution in [0.25, 0.3) is 0 Å². The molecule has 0 saturated heterocycles. The molecule has 0 bridgehead atoms. The number of benzene rings is 1. The molecule has 3 nitrogen and oxygen atoms in total. The molecule has 0 fully saturated rings. The Balaban J connectivity index is 2.77. The highest BCUT2D eigenvalue weighted by Gasteiger charge is 2.08. The lowest BCUT2D eigenvalue weighted by Gasteiger charge is -2.09. The molecule has 0 saturated carbocycles. The highest BCUT2D eigenvalue weighted by molar-refractivity contribution is 5.94. The smallest absolute Gasteiger partial charge is 0.249 e. The minimum absolute atomic E-state index is 0.424. The summed E-state index contributed by atoms with van der Waals surface area (Å²) in [5.41, 5.74) is 6.55. The van der Waals surface area contributed by atoms with Crippen molar-refractivity contribution in [3.63, 3.8) is 0 Å². The van der Waals surface area contributed by atoms with Crippen LogP contribution in [0.15, 0.2) is 30.4 Å². The fourth-order valence-electron chi connectivity index (χ4n) is 1.41. The Labute approximate surface area is 95.9 Å². The predicted molar refractivity (Wildman–Crippen MR) is 64.6 cm³/mol. The van der Waals surface area contributed by atoms with Crippen molar-refractivity contribution >= 4 is 5.91 Å². The fourth-order valence-corrected chi connectivity index (χ4v) is 1.41. The molecule has 0 aromatic heterocycles. The van der Waals surface area contributed by atoms with Crippen LogP contribution in [0.3, 0.4) is 0 Å². The molecule has 0 aliphatic carbocycles. The first kappa shape index (κ1) is 12.3. The van der Waals surface area contributed by atoms with E-state index in [9.17, 15) is 4.79 Å². The van der Waals surface area contributed by atoms with Gasteiger partial charge in [-0.05, 0) is 25.5 Å². The first-order valence-corrected chi connectivity index (χ1v) is 5.34. The maximum atomic E-state index is 11.1. The molecule has 1 aromatic carbocycles. The number of allylic oxidation sites excluding steroid dienone is 1. The van der Waals surface area contributed by atoms with Gasteiger partial charge in [-0.3, -0.25) is 4.79 Å². The average molecular weight is 219 g/mol. The monoisotopic (exact) mass is 219 g/mol. The quantitative estimate of drug-likeness (QED) is 0.773.